The molecule has 8 heteroatoms. The van der Waals surface area contributed by atoms with Crippen molar-refractivity contribution in [2.75, 3.05) is 11.9 Å². The Labute approximate surface area is 211 Å². The summed E-state index contributed by atoms with van der Waals surface area (Å²) < 4.78 is 6.40. The SMILES string of the molecule is Cc1cc(Br)ccc1NC(=O)C(CCC(=O)O)NC(=O)OCC1c2ccccc2-c2ccccc21. The van der Waals surface area contributed by atoms with Crippen LogP contribution in [0.15, 0.2) is 71.2 Å². The molecule has 1 aliphatic carbocycles. The fourth-order valence-electron chi connectivity index (χ4n) is 4.31. The standard InChI is InChI=1S/C27H25BrN2O5/c1-16-14-17(28)10-11-23(16)29-26(33)24(12-13-25(31)32)30-27(34)35-15-22-20-8-4-2-6-18(20)19-7-3-5-9-21(19)22/h2-11,14,22,24H,12-13,15H2,1H3,(H,29,33)(H,30,34)(H,31,32). The molecule has 4 rings (SSSR count). The van der Waals surface area contributed by atoms with Crippen LogP contribution in [-0.2, 0) is 14.3 Å². The molecule has 1 atom stereocenters. The third kappa shape index (κ3) is 5.71. The first-order chi connectivity index (χ1) is 16.8. The predicted octanol–water partition coefficient (Wildman–Crippen LogP) is 5.47. The Kier molecular flexibility index (Phi) is 7.51. The molecular weight excluding hydrogens is 512 g/mol. The van der Waals surface area contributed by atoms with Crippen LogP contribution >= 0.6 is 15.9 Å². The van der Waals surface area contributed by atoms with E-state index in [4.69, 9.17) is 9.84 Å². The number of aryl methyl sites for hydroxylation is 1. The molecule has 1 aliphatic rings. The first-order valence-electron chi connectivity index (χ1n) is 11.2. The lowest BCUT2D eigenvalue weighted by molar-refractivity contribution is -0.137. The maximum absolute atomic E-state index is 12.9. The fraction of sp³-hybridized carbons (Fsp3) is 0.222. The van der Waals surface area contributed by atoms with Gasteiger partial charge in [-0.15, -0.1) is 0 Å². The molecule has 3 N–H and O–H groups in total. The molecule has 0 spiro atoms. The van der Waals surface area contributed by atoms with Crippen LogP contribution < -0.4 is 10.6 Å². The van der Waals surface area contributed by atoms with Crippen LogP contribution in [0.25, 0.3) is 11.1 Å². The van der Waals surface area contributed by atoms with E-state index in [0.717, 1.165) is 32.3 Å². The van der Waals surface area contributed by atoms with Gasteiger partial charge in [0.1, 0.15) is 12.6 Å². The van der Waals surface area contributed by atoms with Gasteiger partial charge in [0.05, 0.1) is 0 Å². The van der Waals surface area contributed by atoms with Gasteiger partial charge in [0, 0.05) is 22.5 Å². The van der Waals surface area contributed by atoms with Crippen molar-refractivity contribution in [3.05, 3.63) is 87.9 Å². The number of ether oxygens (including phenoxy) is 1. The third-order valence-corrected chi connectivity index (χ3v) is 6.54. The van der Waals surface area contributed by atoms with E-state index in [1.54, 1.807) is 12.1 Å². The molecule has 0 saturated heterocycles. The summed E-state index contributed by atoms with van der Waals surface area (Å²) in [7, 11) is 0. The summed E-state index contributed by atoms with van der Waals surface area (Å²) in [5.41, 5.74) is 5.78. The van der Waals surface area contributed by atoms with Crippen molar-refractivity contribution < 1.29 is 24.2 Å². The zero-order valence-electron chi connectivity index (χ0n) is 19.1. The second-order valence-electron chi connectivity index (χ2n) is 8.40. The maximum Gasteiger partial charge on any atom is 0.407 e. The maximum atomic E-state index is 12.9. The summed E-state index contributed by atoms with van der Waals surface area (Å²) in [6, 6.07) is 20.3. The molecule has 0 heterocycles. The Morgan fingerprint density at radius 3 is 2.23 bits per heavy atom. The molecule has 0 bridgehead atoms. The first-order valence-corrected chi connectivity index (χ1v) is 12.0. The number of nitrogens with one attached hydrogen (secondary N) is 2. The number of anilines is 1. The number of hydrogen-bond donors (Lipinski definition) is 3. The minimum absolute atomic E-state index is 0.0685. The Morgan fingerprint density at radius 2 is 1.63 bits per heavy atom. The highest BCUT2D eigenvalue weighted by molar-refractivity contribution is 9.10. The van der Waals surface area contributed by atoms with Gasteiger partial charge in [-0.3, -0.25) is 9.59 Å². The molecular formula is C27H25BrN2O5. The molecule has 180 valence electrons. The van der Waals surface area contributed by atoms with Crippen molar-refractivity contribution >= 4 is 39.6 Å². The van der Waals surface area contributed by atoms with Crippen LogP contribution in [0.3, 0.4) is 0 Å². The molecule has 0 radical (unpaired) electrons. The quantitative estimate of drug-likeness (QED) is 0.354. The van der Waals surface area contributed by atoms with Crippen LogP contribution in [0.1, 0.15) is 35.4 Å². The molecule has 0 aliphatic heterocycles. The summed E-state index contributed by atoms with van der Waals surface area (Å²) in [4.78, 5) is 36.7. The highest BCUT2D eigenvalue weighted by Crippen LogP contribution is 2.44. The predicted molar refractivity (Wildman–Crippen MR) is 136 cm³/mol. The Hall–Kier alpha value is -3.65. The van der Waals surface area contributed by atoms with Gasteiger partial charge in [-0.1, -0.05) is 64.5 Å². The number of hydrogen-bond acceptors (Lipinski definition) is 4. The number of alkyl carbamates (subject to hydrolysis) is 1. The van der Waals surface area contributed by atoms with Crippen LogP contribution in [0.4, 0.5) is 10.5 Å². The lowest BCUT2D eigenvalue weighted by atomic mass is 9.98. The largest absolute Gasteiger partial charge is 0.481 e. The van der Waals surface area contributed by atoms with Gasteiger partial charge in [0.15, 0.2) is 0 Å². The molecule has 0 aromatic heterocycles. The van der Waals surface area contributed by atoms with E-state index < -0.39 is 24.0 Å². The number of benzene rings is 3. The number of fused-ring (bicyclic) bond motifs is 3. The lowest BCUT2D eigenvalue weighted by Gasteiger charge is -2.20. The van der Waals surface area contributed by atoms with Gasteiger partial charge >= 0.3 is 12.1 Å². The fourth-order valence-corrected chi connectivity index (χ4v) is 4.78. The van der Waals surface area contributed by atoms with Gasteiger partial charge in [-0.2, -0.15) is 0 Å². The van der Waals surface area contributed by atoms with E-state index in [2.05, 4.69) is 26.6 Å². The number of carbonyl (C=O) groups excluding carboxylic acids is 2. The van der Waals surface area contributed by atoms with Crippen LogP contribution in [0, 0.1) is 6.92 Å². The number of rotatable bonds is 8. The minimum Gasteiger partial charge on any atom is -0.481 e. The lowest BCUT2D eigenvalue weighted by Crippen LogP contribution is -2.44. The van der Waals surface area contributed by atoms with Gasteiger partial charge in [0.25, 0.3) is 0 Å². The molecule has 7 nitrogen and oxygen atoms in total. The van der Waals surface area contributed by atoms with E-state index in [0.29, 0.717) is 5.69 Å². The number of halogens is 1. The second-order valence-corrected chi connectivity index (χ2v) is 9.32. The normalized spacial score (nSPS) is 12.9. The first kappa shape index (κ1) is 24.5. The minimum atomic E-state index is -1.07. The smallest absolute Gasteiger partial charge is 0.407 e. The van der Waals surface area contributed by atoms with E-state index in [1.807, 2.05) is 61.5 Å². The molecule has 3 aromatic rings. The molecule has 2 amide bonds. The third-order valence-electron chi connectivity index (χ3n) is 6.05. The highest BCUT2D eigenvalue weighted by Gasteiger charge is 2.30. The molecule has 3 aromatic carbocycles. The summed E-state index contributed by atoms with van der Waals surface area (Å²) >= 11 is 3.38. The summed E-state index contributed by atoms with van der Waals surface area (Å²) in [5.74, 6) is -1.69. The van der Waals surface area contributed by atoms with Crippen molar-refractivity contribution in [1.29, 1.82) is 0 Å². The van der Waals surface area contributed by atoms with Crippen LogP contribution in [0.5, 0.6) is 0 Å². The van der Waals surface area contributed by atoms with Crippen LogP contribution in [0.2, 0.25) is 0 Å². The Balaban J connectivity index is 1.43. The Bertz CT molecular complexity index is 1230. The van der Waals surface area contributed by atoms with E-state index in [1.165, 1.54) is 0 Å². The van der Waals surface area contributed by atoms with Crippen molar-refractivity contribution in [2.45, 2.75) is 31.7 Å². The van der Waals surface area contributed by atoms with E-state index in [9.17, 15) is 14.4 Å². The van der Waals surface area contributed by atoms with Crippen molar-refractivity contribution in [3.63, 3.8) is 0 Å². The average molecular weight is 537 g/mol. The molecule has 35 heavy (non-hydrogen) atoms. The molecule has 0 fully saturated rings. The van der Waals surface area contributed by atoms with Crippen molar-refractivity contribution in [1.82, 2.24) is 5.32 Å². The summed E-state index contributed by atoms with van der Waals surface area (Å²) in [6.07, 6.45) is -1.12. The number of carboxylic acids is 1. The second kappa shape index (κ2) is 10.7. The number of amides is 2. The summed E-state index contributed by atoms with van der Waals surface area (Å²) in [6.45, 7) is 1.94. The van der Waals surface area contributed by atoms with E-state index >= 15 is 0 Å². The van der Waals surface area contributed by atoms with Crippen molar-refractivity contribution in [3.8, 4) is 11.1 Å². The van der Waals surface area contributed by atoms with Gasteiger partial charge < -0.3 is 20.5 Å². The monoisotopic (exact) mass is 536 g/mol. The average Bonchev–Trinajstić information content (AvgIpc) is 3.15. The van der Waals surface area contributed by atoms with Crippen molar-refractivity contribution in [2.24, 2.45) is 0 Å². The number of carbonyl (C=O) groups is 3. The molecule has 1 unspecified atom stereocenters. The van der Waals surface area contributed by atoms with Crippen LogP contribution in [-0.4, -0.2) is 35.7 Å². The zero-order chi connectivity index (χ0) is 24.9. The molecule has 0 saturated carbocycles. The van der Waals surface area contributed by atoms with Gasteiger partial charge in [0.2, 0.25) is 5.91 Å². The Morgan fingerprint density at radius 1 is 1.00 bits per heavy atom. The van der Waals surface area contributed by atoms with Gasteiger partial charge in [-0.05, 0) is 59.4 Å². The number of aliphatic carboxylic acids is 1. The highest BCUT2D eigenvalue weighted by atomic mass is 79.9. The van der Waals surface area contributed by atoms with E-state index in [-0.39, 0.29) is 25.4 Å². The number of carboxylic acid groups (broad SMARTS) is 1. The zero-order valence-corrected chi connectivity index (χ0v) is 20.7. The summed E-state index contributed by atoms with van der Waals surface area (Å²) in [5, 5.41) is 14.4. The topological polar surface area (TPSA) is 105 Å². The van der Waals surface area contributed by atoms with Gasteiger partial charge in [-0.25, -0.2) is 4.79 Å².